The lowest BCUT2D eigenvalue weighted by molar-refractivity contribution is -0.137. The van der Waals surface area contributed by atoms with Crippen LogP contribution in [0, 0.1) is 5.41 Å². The number of carboxylic acids is 1. The van der Waals surface area contributed by atoms with Gasteiger partial charge in [0.15, 0.2) is 0 Å². The van der Waals surface area contributed by atoms with E-state index >= 15 is 0 Å². The number of aliphatic carboxylic acids is 1. The summed E-state index contributed by atoms with van der Waals surface area (Å²) in [4.78, 5) is 10.4. The number of rotatable bonds is 10. The molecule has 0 unspecified atom stereocenters. The molecule has 0 aliphatic carbocycles. The average Bonchev–Trinajstić information content (AvgIpc) is 2.31. The molecule has 0 heterocycles. The lowest BCUT2D eigenvalue weighted by Crippen LogP contribution is -2.43. The van der Waals surface area contributed by atoms with E-state index in [4.69, 9.17) is 9.84 Å². The number of nitrogens with one attached hydrogen (secondary N) is 1. The third-order valence-corrected chi connectivity index (χ3v) is 4.28. The van der Waals surface area contributed by atoms with Crippen LogP contribution in [0.4, 0.5) is 0 Å². The van der Waals surface area contributed by atoms with Crippen LogP contribution in [-0.2, 0) is 19.7 Å². The largest absolute Gasteiger partial charge is 0.481 e. The van der Waals surface area contributed by atoms with Gasteiger partial charge >= 0.3 is 5.97 Å². The summed E-state index contributed by atoms with van der Waals surface area (Å²) in [5, 5.41) is 8.53. The van der Waals surface area contributed by atoms with E-state index in [1.54, 1.807) is 7.11 Å². The van der Waals surface area contributed by atoms with E-state index in [1.165, 1.54) is 7.05 Å². The number of hydrogen-bond donors (Lipinski definition) is 2. The van der Waals surface area contributed by atoms with E-state index in [2.05, 4.69) is 4.72 Å². The Balaban J connectivity index is 4.32. The molecule has 0 amide bonds. The topological polar surface area (TPSA) is 95.9 Å². The molecule has 0 aromatic rings. The predicted octanol–water partition coefficient (Wildman–Crippen LogP) is 0.290. The molecular formula is C11H24N2O5S. The van der Waals surface area contributed by atoms with E-state index < -0.39 is 16.2 Å². The Morgan fingerprint density at radius 2 is 2.00 bits per heavy atom. The summed E-state index contributed by atoms with van der Waals surface area (Å²) in [6.07, 6.45) is 0.509. The molecule has 19 heavy (non-hydrogen) atoms. The van der Waals surface area contributed by atoms with Crippen molar-refractivity contribution in [2.24, 2.45) is 5.41 Å². The molecule has 0 spiro atoms. The third kappa shape index (κ3) is 8.14. The second-order valence-corrected chi connectivity index (χ2v) is 7.06. The van der Waals surface area contributed by atoms with Gasteiger partial charge in [-0.2, -0.15) is 12.7 Å². The Bertz CT molecular complexity index is 381. The second-order valence-electron chi connectivity index (χ2n) is 5.20. The van der Waals surface area contributed by atoms with E-state index in [0.29, 0.717) is 6.61 Å². The minimum Gasteiger partial charge on any atom is -0.481 e. The fourth-order valence-electron chi connectivity index (χ4n) is 1.24. The van der Waals surface area contributed by atoms with Crippen LogP contribution < -0.4 is 4.72 Å². The second kappa shape index (κ2) is 7.78. The lowest BCUT2D eigenvalue weighted by Gasteiger charge is -2.26. The van der Waals surface area contributed by atoms with Gasteiger partial charge in [0, 0.05) is 33.9 Å². The van der Waals surface area contributed by atoms with Crippen molar-refractivity contribution in [2.45, 2.75) is 26.7 Å². The predicted molar refractivity (Wildman–Crippen MR) is 72.1 cm³/mol. The molecule has 2 N–H and O–H groups in total. The van der Waals surface area contributed by atoms with Gasteiger partial charge in [0.05, 0.1) is 6.42 Å². The fraction of sp³-hybridized carbons (Fsp3) is 0.909. The first kappa shape index (κ1) is 18.3. The summed E-state index contributed by atoms with van der Waals surface area (Å²) in [6.45, 7) is 4.65. The molecule has 0 fully saturated rings. The van der Waals surface area contributed by atoms with Gasteiger partial charge in [-0.05, 0) is 11.8 Å². The molecule has 0 aromatic heterocycles. The van der Waals surface area contributed by atoms with Gasteiger partial charge in [0.2, 0.25) is 0 Å². The van der Waals surface area contributed by atoms with Crippen LogP contribution in [0.5, 0.6) is 0 Å². The van der Waals surface area contributed by atoms with Crippen molar-refractivity contribution in [3.8, 4) is 0 Å². The smallest absolute Gasteiger partial charge is 0.304 e. The van der Waals surface area contributed by atoms with E-state index in [1.807, 2.05) is 13.8 Å². The van der Waals surface area contributed by atoms with E-state index in [-0.39, 0.29) is 24.9 Å². The summed E-state index contributed by atoms with van der Waals surface area (Å²) in [7, 11) is -0.683. The molecular weight excluding hydrogens is 272 g/mol. The molecule has 0 rings (SSSR count). The molecule has 0 bridgehead atoms. The highest BCUT2D eigenvalue weighted by atomic mass is 32.2. The molecule has 0 saturated carbocycles. The number of ether oxygens (including phenoxy) is 1. The van der Waals surface area contributed by atoms with E-state index in [0.717, 1.165) is 10.7 Å². The third-order valence-electron chi connectivity index (χ3n) is 2.77. The average molecular weight is 296 g/mol. The molecule has 8 heteroatoms. The summed E-state index contributed by atoms with van der Waals surface area (Å²) in [5.41, 5.74) is -0.225. The van der Waals surface area contributed by atoms with Crippen molar-refractivity contribution in [2.75, 3.05) is 33.9 Å². The number of carbonyl (C=O) groups is 1. The molecule has 0 aliphatic heterocycles. The van der Waals surface area contributed by atoms with Gasteiger partial charge in [-0.3, -0.25) is 4.79 Å². The Hall–Kier alpha value is -0.700. The Morgan fingerprint density at radius 1 is 1.42 bits per heavy atom. The van der Waals surface area contributed by atoms with Gasteiger partial charge in [-0.15, -0.1) is 0 Å². The van der Waals surface area contributed by atoms with Crippen LogP contribution in [0.3, 0.4) is 0 Å². The minimum absolute atomic E-state index is 0.0524. The van der Waals surface area contributed by atoms with Gasteiger partial charge in [0.25, 0.3) is 10.2 Å². The first-order valence-electron chi connectivity index (χ1n) is 6.02. The SMILES string of the molecule is COCCC(C)(C)CNS(=O)(=O)N(C)CCC(=O)O. The molecule has 0 radical (unpaired) electrons. The van der Waals surface area contributed by atoms with Crippen LogP contribution in [0.15, 0.2) is 0 Å². The molecule has 0 aromatic carbocycles. The van der Waals surface area contributed by atoms with Crippen molar-refractivity contribution in [3.05, 3.63) is 0 Å². The van der Waals surface area contributed by atoms with E-state index in [9.17, 15) is 13.2 Å². The molecule has 7 nitrogen and oxygen atoms in total. The Labute approximate surface area is 115 Å². The summed E-state index contributed by atoms with van der Waals surface area (Å²) >= 11 is 0. The van der Waals surface area contributed by atoms with Crippen molar-refractivity contribution in [3.63, 3.8) is 0 Å². The normalized spacial score (nSPS) is 12.9. The summed E-state index contributed by atoms with van der Waals surface area (Å²) < 4.78 is 32.2. The first-order chi connectivity index (χ1) is 8.60. The highest BCUT2D eigenvalue weighted by molar-refractivity contribution is 7.87. The highest BCUT2D eigenvalue weighted by Gasteiger charge is 2.23. The van der Waals surface area contributed by atoms with Gasteiger partial charge in [0.1, 0.15) is 0 Å². The summed E-state index contributed by atoms with van der Waals surface area (Å²) in [6, 6.07) is 0. The van der Waals surface area contributed by atoms with Crippen molar-refractivity contribution >= 4 is 16.2 Å². The van der Waals surface area contributed by atoms with Crippen molar-refractivity contribution in [1.82, 2.24) is 9.03 Å². The monoisotopic (exact) mass is 296 g/mol. The molecule has 0 aliphatic rings. The van der Waals surface area contributed by atoms with Gasteiger partial charge in [-0.1, -0.05) is 13.8 Å². The zero-order valence-electron chi connectivity index (χ0n) is 12.0. The zero-order chi connectivity index (χ0) is 15.1. The Kier molecular flexibility index (Phi) is 7.50. The minimum atomic E-state index is -3.63. The van der Waals surface area contributed by atoms with Crippen LogP contribution in [-0.4, -0.2) is 57.7 Å². The van der Waals surface area contributed by atoms with Crippen LogP contribution in [0.1, 0.15) is 26.7 Å². The standard InChI is InChI=1S/C11H24N2O5S/c1-11(2,6-8-18-4)9-12-19(16,17)13(3)7-5-10(14)15/h12H,5-9H2,1-4H3,(H,14,15). The number of carboxylic acid groups (broad SMARTS) is 1. The maximum absolute atomic E-state index is 11.9. The van der Waals surface area contributed by atoms with Crippen molar-refractivity contribution in [1.29, 1.82) is 0 Å². The zero-order valence-corrected chi connectivity index (χ0v) is 12.8. The quantitative estimate of drug-likeness (QED) is 0.604. The maximum atomic E-state index is 11.9. The summed E-state index contributed by atoms with van der Waals surface area (Å²) in [5.74, 6) is -1.03. The maximum Gasteiger partial charge on any atom is 0.304 e. The Morgan fingerprint density at radius 3 is 2.47 bits per heavy atom. The van der Waals surface area contributed by atoms with Crippen LogP contribution in [0.2, 0.25) is 0 Å². The van der Waals surface area contributed by atoms with Crippen LogP contribution in [0.25, 0.3) is 0 Å². The fourth-order valence-corrected chi connectivity index (χ4v) is 2.36. The van der Waals surface area contributed by atoms with Crippen molar-refractivity contribution < 1.29 is 23.1 Å². The lowest BCUT2D eigenvalue weighted by atomic mass is 9.90. The highest BCUT2D eigenvalue weighted by Crippen LogP contribution is 2.19. The van der Waals surface area contributed by atoms with Gasteiger partial charge < -0.3 is 9.84 Å². The van der Waals surface area contributed by atoms with Gasteiger partial charge in [-0.25, -0.2) is 4.72 Å². The number of methoxy groups -OCH3 is 1. The molecule has 0 atom stereocenters. The molecule has 114 valence electrons. The number of hydrogen-bond acceptors (Lipinski definition) is 4. The molecule has 0 saturated heterocycles. The van der Waals surface area contributed by atoms with Crippen LogP contribution >= 0.6 is 0 Å². The number of nitrogens with zero attached hydrogens (tertiary/aromatic N) is 1. The first-order valence-corrected chi connectivity index (χ1v) is 7.46.